The molecule has 1 saturated carbocycles. The number of alkyl halides is 1. The highest BCUT2D eigenvalue weighted by Crippen LogP contribution is 2.39. The van der Waals surface area contributed by atoms with E-state index in [4.69, 9.17) is 0 Å². The Bertz CT molecular complexity index is 177. The van der Waals surface area contributed by atoms with Crippen molar-refractivity contribution >= 4 is 0 Å². The van der Waals surface area contributed by atoms with Gasteiger partial charge in [0.25, 0.3) is 0 Å². The molecule has 1 heterocycles. The predicted octanol–water partition coefficient (Wildman–Crippen LogP) is 2.66. The maximum atomic E-state index is 13.8. The summed E-state index contributed by atoms with van der Waals surface area (Å²) in [6.45, 7) is 3.10. The summed E-state index contributed by atoms with van der Waals surface area (Å²) in [5.74, 6) is 0.586. The maximum absolute atomic E-state index is 13.8. The molecule has 0 spiro atoms. The molecular formula is C11H20FN. The summed E-state index contributed by atoms with van der Waals surface area (Å²) >= 11 is 0. The monoisotopic (exact) mass is 185 g/mol. The van der Waals surface area contributed by atoms with E-state index >= 15 is 0 Å². The third-order valence-corrected chi connectivity index (χ3v) is 3.99. The molecule has 2 rings (SSSR count). The van der Waals surface area contributed by atoms with Gasteiger partial charge in [0.2, 0.25) is 0 Å². The van der Waals surface area contributed by atoms with Crippen molar-refractivity contribution in [3.63, 3.8) is 0 Å². The van der Waals surface area contributed by atoms with E-state index in [1.54, 1.807) is 0 Å². The lowest BCUT2D eigenvalue weighted by Gasteiger charge is -2.42. The van der Waals surface area contributed by atoms with Crippen molar-refractivity contribution in [3.8, 4) is 0 Å². The van der Waals surface area contributed by atoms with E-state index in [0.29, 0.717) is 5.92 Å². The van der Waals surface area contributed by atoms with Crippen LogP contribution in [-0.2, 0) is 0 Å². The second-order valence-electron chi connectivity index (χ2n) is 4.80. The van der Waals surface area contributed by atoms with Crippen LogP contribution in [0, 0.1) is 5.92 Å². The molecule has 0 radical (unpaired) electrons. The molecular weight excluding hydrogens is 165 g/mol. The van der Waals surface area contributed by atoms with Gasteiger partial charge in [0, 0.05) is 5.54 Å². The molecule has 2 fully saturated rings. The zero-order chi connectivity index (χ0) is 9.31. The van der Waals surface area contributed by atoms with Crippen molar-refractivity contribution in [2.75, 3.05) is 6.54 Å². The fourth-order valence-corrected chi connectivity index (χ4v) is 2.98. The standard InChI is InChI=1S/C11H20FN/c1-11(9-5-2-3-6-9)10(12)7-4-8-13-11/h9-10,13H,2-8H2,1H3. The minimum absolute atomic E-state index is 0.200. The van der Waals surface area contributed by atoms with Crippen molar-refractivity contribution in [1.82, 2.24) is 5.32 Å². The number of hydrogen-bond acceptors (Lipinski definition) is 1. The molecule has 1 nitrogen and oxygen atoms in total. The average Bonchev–Trinajstić information content (AvgIpc) is 2.63. The van der Waals surface area contributed by atoms with E-state index in [9.17, 15) is 4.39 Å². The molecule has 0 aromatic carbocycles. The highest BCUT2D eigenvalue weighted by atomic mass is 19.1. The largest absolute Gasteiger partial charge is 0.309 e. The van der Waals surface area contributed by atoms with Gasteiger partial charge in [0.15, 0.2) is 0 Å². The normalized spacial score (nSPS) is 42.5. The molecule has 0 aromatic heterocycles. The highest BCUT2D eigenvalue weighted by Gasteiger charge is 2.43. The fourth-order valence-electron chi connectivity index (χ4n) is 2.98. The Labute approximate surface area is 80.1 Å². The number of halogens is 1. The summed E-state index contributed by atoms with van der Waals surface area (Å²) in [5.41, 5.74) is -0.200. The topological polar surface area (TPSA) is 12.0 Å². The molecule has 76 valence electrons. The average molecular weight is 185 g/mol. The Morgan fingerprint density at radius 3 is 2.46 bits per heavy atom. The first-order valence-corrected chi connectivity index (χ1v) is 5.62. The van der Waals surface area contributed by atoms with E-state index in [1.165, 1.54) is 25.7 Å². The van der Waals surface area contributed by atoms with E-state index in [1.807, 2.05) is 0 Å². The summed E-state index contributed by atoms with van der Waals surface area (Å²) in [6.07, 6.45) is 6.20. The van der Waals surface area contributed by atoms with Crippen molar-refractivity contribution in [2.24, 2.45) is 5.92 Å². The van der Waals surface area contributed by atoms with Gasteiger partial charge < -0.3 is 5.32 Å². The first kappa shape index (κ1) is 9.45. The van der Waals surface area contributed by atoms with Crippen LogP contribution in [0.15, 0.2) is 0 Å². The van der Waals surface area contributed by atoms with Crippen LogP contribution in [0.3, 0.4) is 0 Å². The van der Waals surface area contributed by atoms with E-state index < -0.39 is 6.17 Å². The molecule has 0 aromatic rings. The molecule has 2 atom stereocenters. The molecule has 0 amide bonds. The number of rotatable bonds is 1. The van der Waals surface area contributed by atoms with Crippen molar-refractivity contribution in [3.05, 3.63) is 0 Å². The van der Waals surface area contributed by atoms with Gasteiger partial charge >= 0.3 is 0 Å². The smallest absolute Gasteiger partial charge is 0.118 e. The lowest BCUT2D eigenvalue weighted by molar-refractivity contribution is 0.0704. The Hall–Kier alpha value is -0.110. The van der Waals surface area contributed by atoms with Gasteiger partial charge in [-0.05, 0) is 45.1 Å². The minimum Gasteiger partial charge on any atom is -0.309 e. The van der Waals surface area contributed by atoms with Crippen molar-refractivity contribution in [2.45, 2.75) is 57.2 Å². The molecule has 2 heteroatoms. The number of piperidine rings is 1. The molecule has 1 N–H and O–H groups in total. The molecule has 2 unspecified atom stereocenters. The summed E-state index contributed by atoms with van der Waals surface area (Å²) in [7, 11) is 0. The number of hydrogen-bond donors (Lipinski definition) is 1. The molecule has 1 aliphatic carbocycles. The van der Waals surface area contributed by atoms with Gasteiger partial charge in [0.1, 0.15) is 6.17 Å². The summed E-state index contributed by atoms with van der Waals surface area (Å²) in [4.78, 5) is 0. The van der Waals surface area contributed by atoms with Crippen LogP contribution in [0.1, 0.15) is 45.4 Å². The lowest BCUT2D eigenvalue weighted by Crippen LogP contribution is -2.58. The van der Waals surface area contributed by atoms with Gasteiger partial charge in [-0.25, -0.2) is 4.39 Å². The minimum atomic E-state index is -0.621. The Balaban J connectivity index is 2.06. The van der Waals surface area contributed by atoms with Crippen molar-refractivity contribution < 1.29 is 4.39 Å². The van der Waals surface area contributed by atoms with Crippen LogP contribution in [0.25, 0.3) is 0 Å². The lowest BCUT2D eigenvalue weighted by atomic mass is 9.77. The highest BCUT2D eigenvalue weighted by molar-refractivity contribution is 5.00. The molecule has 2 aliphatic rings. The van der Waals surface area contributed by atoms with Crippen LogP contribution in [0.2, 0.25) is 0 Å². The zero-order valence-electron chi connectivity index (χ0n) is 8.48. The van der Waals surface area contributed by atoms with Crippen LogP contribution in [0.5, 0.6) is 0 Å². The second kappa shape index (κ2) is 3.56. The SMILES string of the molecule is CC1(C2CCCC2)NCCCC1F. The Morgan fingerprint density at radius 2 is 1.85 bits per heavy atom. The van der Waals surface area contributed by atoms with Crippen LogP contribution >= 0.6 is 0 Å². The van der Waals surface area contributed by atoms with Crippen LogP contribution < -0.4 is 5.32 Å². The molecule has 0 bridgehead atoms. The first-order chi connectivity index (χ1) is 6.23. The molecule has 13 heavy (non-hydrogen) atoms. The van der Waals surface area contributed by atoms with Crippen LogP contribution in [-0.4, -0.2) is 18.3 Å². The quantitative estimate of drug-likeness (QED) is 0.662. The fraction of sp³-hybridized carbons (Fsp3) is 1.00. The Kier molecular flexibility index (Phi) is 2.59. The van der Waals surface area contributed by atoms with Gasteiger partial charge in [-0.3, -0.25) is 0 Å². The summed E-state index contributed by atoms with van der Waals surface area (Å²) < 4.78 is 13.8. The second-order valence-corrected chi connectivity index (χ2v) is 4.80. The molecule has 1 saturated heterocycles. The van der Waals surface area contributed by atoms with E-state index in [-0.39, 0.29) is 5.54 Å². The van der Waals surface area contributed by atoms with Crippen molar-refractivity contribution in [1.29, 1.82) is 0 Å². The third-order valence-electron chi connectivity index (χ3n) is 3.99. The van der Waals surface area contributed by atoms with E-state index in [2.05, 4.69) is 12.2 Å². The van der Waals surface area contributed by atoms with Crippen LogP contribution in [0.4, 0.5) is 4.39 Å². The number of nitrogens with one attached hydrogen (secondary N) is 1. The summed E-state index contributed by atoms with van der Waals surface area (Å²) in [6, 6.07) is 0. The Morgan fingerprint density at radius 1 is 1.15 bits per heavy atom. The predicted molar refractivity (Wildman–Crippen MR) is 52.5 cm³/mol. The summed E-state index contributed by atoms with van der Waals surface area (Å²) in [5, 5.41) is 3.41. The zero-order valence-corrected chi connectivity index (χ0v) is 8.48. The van der Waals surface area contributed by atoms with E-state index in [0.717, 1.165) is 19.4 Å². The maximum Gasteiger partial charge on any atom is 0.118 e. The van der Waals surface area contributed by atoms with Gasteiger partial charge in [-0.2, -0.15) is 0 Å². The third kappa shape index (κ3) is 1.61. The molecule has 1 aliphatic heterocycles. The first-order valence-electron chi connectivity index (χ1n) is 5.62. The van der Waals surface area contributed by atoms with Gasteiger partial charge in [-0.1, -0.05) is 12.8 Å². The van der Waals surface area contributed by atoms with Gasteiger partial charge in [0.05, 0.1) is 0 Å². The van der Waals surface area contributed by atoms with Gasteiger partial charge in [-0.15, -0.1) is 0 Å².